The van der Waals surface area contributed by atoms with E-state index in [0.29, 0.717) is 11.4 Å². The van der Waals surface area contributed by atoms with Crippen molar-refractivity contribution in [3.05, 3.63) is 59.3 Å². The van der Waals surface area contributed by atoms with Gasteiger partial charge in [0.25, 0.3) is 0 Å². The molecule has 5 heteroatoms. The second kappa shape index (κ2) is 7.25. The molecule has 0 fully saturated rings. The first-order valence-corrected chi connectivity index (χ1v) is 7.78. The summed E-state index contributed by atoms with van der Waals surface area (Å²) in [6.07, 6.45) is 1.23. The second-order valence-electron chi connectivity index (χ2n) is 6.65. The Morgan fingerprint density at radius 3 is 2.58 bits per heavy atom. The summed E-state index contributed by atoms with van der Waals surface area (Å²) in [6, 6.07) is 10.9. The molecule has 0 spiro atoms. The first kappa shape index (κ1) is 17.7. The van der Waals surface area contributed by atoms with E-state index in [1.165, 1.54) is 0 Å². The maximum atomic E-state index is 12.4. The average molecular weight is 326 g/mol. The lowest BCUT2D eigenvalue weighted by Gasteiger charge is -2.19. The van der Waals surface area contributed by atoms with Gasteiger partial charge in [-0.1, -0.05) is 23.8 Å². The van der Waals surface area contributed by atoms with Crippen molar-refractivity contribution in [3.63, 3.8) is 0 Å². The number of anilines is 1. The third kappa shape index (κ3) is 5.50. The number of aryl methyl sites for hydroxylation is 1. The molecule has 0 radical (unpaired) electrons. The average Bonchev–Trinajstić information content (AvgIpc) is 2.45. The molecule has 0 saturated heterocycles. The standard InChI is InChI=1S/C19H22N2O3/c1-13-6-5-7-15(10-13)16(22)11-14-8-9-20-17(12-14)21-18(23)24-19(2,3)4/h5-10,12H,11H2,1-4H3,(H,20,21,23). The Labute approximate surface area is 142 Å². The molecule has 1 aromatic carbocycles. The predicted octanol–water partition coefficient (Wildman–Crippen LogP) is 4.16. The fraction of sp³-hybridized carbons (Fsp3) is 0.316. The van der Waals surface area contributed by atoms with Crippen molar-refractivity contribution >= 4 is 17.7 Å². The number of hydrogen-bond acceptors (Lipinski definition) is 4. The third-order valence-corrected chi connectivity index (χ3v) is 3.16. The number of nitrogens with one attached hydrogen (secondary N) is 1. The van der Waals surface area contributed by atoms with Crippen LogP contribution in [0.3, 0.4) is 0 Å². The van der Waals surface area contributed by atoms with E-state index in [9.17, 15) is 9.59 Å². The van der Waals surface area contributed by atoms with Crippen LogP contribution < -0.4 is 5.32 Å². The van der Waals surface area contributed by atoms with Gasteiger partial charge >= 0.3 is 6.09 Å². The highest BCUT2D eigenvalue weighted by atomic mass is 16.6. The molecule has 1 heterocycles. The number of ether oxygens (including phenoxy) is 1. The van der Waals surface area contributed by atoms with E-state index in [-0.39, 0.29) is 12.2 Å². The van der Waals surface area contributed by atoms with Crippen LogP contribution in [0.5, 0.6) is 0 Å². The normalized spacial score (nSPS) is 11.0. The van der Waals surface area contributed by atoms with E-state index in [2.05, 4.69) is 10.3 Å². The number of nitrogens with zero attached hydrogens (tertiary/aromatic N) is 1. The fourth-order valence-corrected chi connectivity index (χ4v) is 2.17. The Balaban J connectivity index is 2.05. The maximum Gasteiger partial charge on any atom is 0.413 e. The zero-order valence-electron chi connectivity index (χ0n) is 14.4. The zero-order chi connectivity index (χ0) is 17.7. The van der Waals surface area contributed by atoms with Crippen LogP contribution in [0.15, 0.2) is 42.6 Å². The number of carbonyl (C=O) groups excluding carboxylic acids is 2. The number of Topliss-reactive ketones (excluding diaryl/α,β-unsaturated/α-hetero) is 1. The lowest BCUT2D eigenvalue weighted by molar-refractivity contribution is 0.0635. The van der Waals surface area contributed by atoms with Gasteiger partial charge in [0.1, 0.15) is 11.4 Å². The molecule has 0 aliphatic heterocycles. The monoisotopic (exact) mass is 326 g/mol. The number of aromatic nitrogens is 1. The van der Waals surface area contributed by atoms with Gasteiger partial charge in [-0.15, -0.1) is 0 Å². The molecule has 0 bridgehead atoms. The SMILES string of the molecule is Cc1cccc(C(=O)Cc2ccnc(NC(=O)OC(C)(C)C)c2)c1. The highest BCUT2D eigenvalue weighted by Gasteiger charge is 2.16. The van der Waals surface area contributed by atoms with Crippen molar-refractivity contribution < 1.29 is 14.3 Å². The largest absolute Gasteiger partial charge is 0.444 e. The first-order chi connectivity index (χ1) is 11.2. The van der Waals surface area contributed by atoms with Crippen LogP contribution in [0, 0.1) is 6.92 Å². The zero-order valence-corrected chi connectivity index (χ0v) is 14.4. The second-order valence-corrected chi connectivity index (χ2v) is 6.65. The quantitative estimate of drug-likeness (QED) is 0.857. The summed E-state index contributed by atoms with van der Waals surface area (Å²) < 4.78 is 5.19. The van der Waals surface area contributed by atoms with E-state index in [1.54, 1.807) is 45.2 Å². The Hall–Kier alpha value is -2.69. The molecule has 0 saturated carbocycles. The smallest absolute Gasteiger partial charge is 0.413 e. The van der Waals surface area contributed by atoms with Crippen LogP contribution in [0.25, 0.3) is 0 Å². The highest BCUT2D eigenvalue weighted by molar-refractivity contribution is 5.97. The molecule has 126 valence electrons. The van der Waals surface area contributed by atoms with Crippen LogP contribution in [0.4, 0.5) is 10.6 Å². The van der Waals surface area contributed by atoms with Crippen LogP contribution >= 0.6 is 0 Å². The summed E-state index contributed by atoms with van der Waals surface area (Å²) in [5.74, 6) is 0.381. The summed E-state index contributed by atoms with van der Waals surface area (Å²) in [5, 5.41) is 2.58. The maximum absolute atomic E-state index is 12.4. The molecule has 0 atom stereocenters. The highest BCUT2D eigenvalue weighted by Crippen LogP contribution is 2.14. The lowest BCUT2D eigenvalue weighted by Crippen LogP contribution is -2.27. The molecule has 0 aliphatic rings. The first-order valence-electron chi connectivity index (χ1n) is 7.78. The molecule has 5 nitrogen and oxygen atoms in total. The van der Waals surface area contributed by atoms with Crippen LogP contribution in [-0.4, -0.2) is 22.5 Å². The Kier molecular flexibility index (Phi) is 5.34. The molecule has 2 aromatic rings. The van der Waals surface area contributed by atoms with Crippen molar-refractivity contribution in [1.82, 2.24) is 4.98 Å². The topological polar surface area (TPSA) is 68.3 Å². The van der Waals surface area contributed by atoms with E-state index in [4.69, 9.17) is 4.74 Å². The minimum Gasteiger partial charge on any atom is -0.444 e. The predicted molar refractivity (Wildman–Crippen MR) is 93.3 cm³/mol. The molecule has 1 aromatic heterocycles. The van der Waals surface area contributed by atoms with Crippen LogP contribution in [-0.2, 0) is 11.2 Å². The van der Waals surface area contributed by atoms with E-state index in [0.717, 1.165) is 11.1 Å². The Morgan fingerprint density at radius 1 is 1.17 bits per heavy atom. The van der Waals surface area contributed by atoms with Gasteiger partial charge in [0.05, 0.1) is 0 Å². The van der Waals surface area contributed by atoms with Gasteiger partial charge in [-0.2, -0.15) is 0 Å². The molecule has 1 amide bonds. The number of carbonyl (C=O) groups is 2. The van der Waals surface area contributed by atoms with Gasteiger partial charge in [-0.05, 0) is 51.5 Å². The van der Waals surface area contributed by atoms with E-state index >= 15 is 0 Å². The van der Waals surface area contributed by atoms with Crippen molar-refractivity contribution in [2.45, 2.75) is 39.7 Å². The van der Waals surface area contributed by atoms with E-state index < -0.39 is 11.7 Å². The molecule has 0 aliphatic carbocycles. The summed E-state index contributed by atoms with van der Waals surface area (Å²) in [4.78, 5) is 28.2. The number of rotatable bonds is 4. The Morgan fingerprint density at radius 2 is 1.92 bits per heavy atom. The summed E-state index contributed by atoms with van der Waals surface area (Å²) in [7, 11) is 0. The summed E-state index contributed by atoms with van der Waals surface area (Å²) >= 11 is 0. The number of pyridine rings is 1. The van der Waals surface area contributed by atoms with Crippen molar-refractivity contribution in [2.75, 3.05) is 5.32 Å². The summed E-state index contributed by atoms with van der Waals surface area (Å²) in [6.45, 7) is 7.32. The van der Waals surface area contributed by atoms with Crippen LogP contribution in [0.1, 0.15) is 42.3 Å². The van der Waals surface area contributed by atoms with E-state index in [1.807, 2.05) is 25.1 Å². The third-order valence-electron chi connectivity index (χ3n) is 3.16. The molecule has 2 rings (SSSR count). The van der Waals surface area contributed by atoms with Crippen molar-refractivity contribution in [3.8, 4) is 0 Å². The summed E-state index contributed by atoms with van der Waals surface area (Å²) in [5.41, 5.74) is 1.92. The molecular formula is C19H22N2O3. The van der Waals surface area contributed by atoms with Crippen LogP contribution in [0.2, 0.25) is 0 Å². The van der Waals surface area contributed by atoms with Gasteiger partial charge < -0.3 is 4.74 Å². The van der Waals surface area contributed by atoms with Gasteiger partial charge in [0.2, 0.25) is 0 Å². The number of benzene rings is 1. The Bertz CT molecular complexity index is 748. The van der Waals surface area contributed by atoms with Gasteiger partial charge in [0, 0.05) is 18.2 Å². The van der Waals surface area contributed by atoms with Crippen molar-refractivity contribution in [2.24, 2.45) is 0 Å². The minimum absolute atomic E-state index is 0.0214. The van der Waals surface area contributed by atoms with Gasteiger partial charge in [0.15, 0.2) is 5.78 Å². The number of amides is 1. The number of hydrogen-bond donors (Lipinski definition) is 1. The molecule has 0 unspecified atom stereocenters. The van der Waals surface area contributed by atoms with Gasteiger partial charge in [-0.3, -0.25) is 10.1 Å². The lowest BCUT2D eigenvalue weighted by atomic mass is 10.0. The minimum atomic E-state index is -0.581. The molecule has 24 heavy (non-hydrogen) atoms. The molecule has 1 N–H and O–H groups in total. The fourth-order valence-electron chi connectivity index (χ4n) is 2.17. The molecular weight excluding hydrogens is 304 g/mol. The van der Waals surface area contributed by atoms with Gasteiger partial charge in [-0.25, -0.2) is 9.78 Å². The van der Waals surface area contributed by atoms with Crippen molar-refractivity contribution in [1.29, 1.82) is 0 Å². The number of ketones is 1.